The van der Waals surface area contributed by atoms with Crippen LogP contribution < -0.4 is 11.1 Å². The number of Topliss-reactive ketones (excluding diaryl/α,β-unsaturated/α-hetero) is 1. The number of carbonyl (C=O) groups is 2. The first-order valence-electron chi connectivity index (χ1n) is 18.0. The van der Waals surface area contributed by atoms with Gasteiger partial charge in [0.1, 0.15) is 31.1 Å². The first kappa shape index (κ1) is 42.8. The second kappa shape index (κ2) is 24.0. The number of amides is 1. The molecular formula is C34H70N4O8+2. The van der Waals surface area contributed by atoms with Crippen LogP contribution in [-0.2, 0) is 9.59 Å². The lowest BCUT2D eigenvalue weighted by Crippen LogP contribution is -2.58. The van der Waals surface area contributed by atoms with E-state index in [2.05, 4.69) is 12.2 Å². The van der Waals surface area contributed by atoms with Gasteiger partial charge >= 0.3 is 0 Å². The molecule has 0 saturated carbocycles. The van der Waals surface area contributed by atoms with Crippen molar-refractivity contribution in [3.05, 3.63) is 0 Å². The number of piperidine rings is 2. The summed E-state index contributed by atoms with van der Waals surface area (Å²) in [6, 6.07) is 0. The molecule has 2 rings (SSSR count). The molecule has 9 N–H and O–H groups in total. The molecule has 0 radical (unpaired) electrons. The Morgan fingerprint density at radius 3 is 1.57 bits per heavy atom. The number of carbonyl (C=O) groups excluding carboxylic acids is 2. The highest BCUT2D eigenvalue weighted by Crippen LogP contribution is 2.32. The summed E-state index contributed by atoms with van der Waals surface area (Å²) in [7, 11) is 0. The Labute approximate surface area is 278 Å². The minimum absolute atomic E-state index is 0.0875. The van der Waals surface area contributed by atoms with Crippen molar-refractivity contribution < 1.29 is 49.2 Å². The topological polar surface area (TPSA) is 194 Å². The van der Waals surface area contributed by atoms with Gasteiger partial charge in [-0.2, -0.15) is 0 Å². The number of unbranched alkanes of at least 4 members (excludes halogenated alkanes) is 1. The van der Waals surface area contributed by atoms with E-state index in [-0.39, 0.29) is 38.1 Å². The molecule has 12 nitrogen and oxygen atoms in total. The lowest BCUT2D eigenvalue weighted by atomic mass is 9.85. The number of hydrogen-bond acceptors (Lipinski definition) is 9. The Hall–Kier alpha value is -1.22. The van der Waals surface area contributed by atoms with Gasteiger partial charge in [0.2, 0.25) is 5.91 Å². The number of nitrogens with one attached hydrogen (secondary N) is 1. The van der Waals surface area contributed by atoms with Gasteiger partial charge in [-0.3, -0.25) is 9.59 Å². The SMILES string of the molecule is CCCCNC(=O)CC[N+]1(CC(O)CO)CCC(CCCC2CC[N+](CCC(=O)CC)(CC(O)CO)CC2)CC1.NCC(O)CO. The van der Waals surface area contributed by atoms with Crippen LogP contribution in [0, 0.1) is 11.8 Å². The standard InChI is InChI=1S/C31H60N3O6.C3H9NO2/c1-3-5-15-32-31(40)14-21-34(23-30(39)25-36)18-11-27(12-19-34)8-6-7-26-9-16-33(17-10-26,22-29(38)24-35)20-13-28(37)4-2;4-1-3(6)2-5/h26-27,29-30,35-36,38-39H,3-25H2,1-2H3;3,5-6H,1-2,4H2/q+1;/p+1. The van der Waals surface area contributed by atoms with Gasteiger partial charge in [0.15, 0.2) is 0 Å². The van der Waals surface area contributed by atoms with E-state index >= 15 is 0 Å². The summed E-state index contributed by atoms with van der Waals surface area (Å²) in [6.45, 7) is 10.6. The van der Waals surface area contributed by atoms with E-state index in [9.17, 15) is 30.0 Å². The number of nitrogens with zero attached hydrogens (tertiary/aromatic N) is 2. The van der Waals surface area contributed by atoms with Crippen molar-refractivity contribution in [1.82, 2.24) is 5.32 Å². The molecule has 0 aliphatic carbocycles. The van der Waals surface area contributed by atoms with Crippen LogP contribution in [0.3, 0.4) is 0 Å². The van der Waals surface area contributed by atoms with Crippen molar-refractivity contribution in [2.24, 2.45) is 17.6 Å². The quantitative estimate of drug-likeness (QED) is 0.0594. The summed E-state index contributed by atoms with van der Waals surface area (Å²) in [6.07, 6.45) is 9.50. The first-order chi connectivity index (χ1) is 22.0. The number of nitrogens with two attached hydrogens (primary N) is 1. The van der Waals surface area contributed by atoms with Crippen LogP contribution in [-0.4, -0.2) is 155 Å². The molecule has 2 aliphatic rings. The van der Waals surface area contributed by atoms with E-state index in [1.165, 1.54) is 19.3 Å². The van der Waals surface area contributed by atoms with Gasteiger partial charge in [0.05, 0.1) is 78.0 Å². The smallest absolute Gasteiger partial charge is 0.225 e. The second-order valence-electron chi connectivity index (χ2n) is 14.0. The lowest BCUT2D eigenvalue weighted by Gasteiger charge is -2.45. The molecule has 3 unspecified atom stereocenters. The van der Waals surface area contributed by atoms with Gasteiger partial charge in [0.25, 0.3) is 0 Å². The van der Waals surface area contributed by atoms with Crippen LogP contribution >= 0.6 is 0 Å². The Kier molecular flexibility index (Phi) is 22.3. The van der Waals surface area contributed by atoms with Gasteiger partial charge in [0, 0.05) is 19.5 Å². The van der Waals surface area contributed by atoms with Crippen LogP contribution in [0.1, 0.15) is 90.9 Å². The van der Waals surface area contributed by atoms with Crippen LogP contribution in [0.5, 0.6) is 0 Å². The third-order valence-electron chi connectivity index (χ3n) is 10.3. The average molecular weight is 663 g/mol. The predicted molar refractivity (Wildman–Crippen MR) is 180 cm³/mol. The van der Waals surface area contributed by atoms with E-state index in [0.29, 0.717) is 44.2 Å². The van der Waals surface area contributed by atoms with Crippen molar-refractivity contribution in [3.8, 4) is 0 Å². The lowest BCUT2D eigenvalue weighted by molar-refractivity contribution is -0.936. The summed E-state index contributed by atoms with van der Waals surface area (Å²) >= 11 is 0. The average Bonchev–Trinajstić information content (AvgIpc) is 3.08. The fourth-order valence-electron chi connectivity index (χ4n) is 7.06. The van der Waals surface area contributed by atoms with E-state index in [4.69, 9.17) is 15.9 Å². The Morgan fingerprint density at radius 2 is 1.20 bits per heavy atom. The Morgan fingerprint density at radius 1 is 0.739 bits per heavy atom. The molecular weight excluding hydrogens is 592 g/mol. The van der Waals surface area contributed by atoms with E-state index < -0.39 is 18.3 Å². The maximum atomic E-state index is 12.3. The predicted octanol–water partition coefficient (Wildman–Crippen LogP) is 0.291. The van der Waals surface area contributed by atoms with Crippen molar-refractivity contribution in [1.29, 1.82) is 0 Å². The van der Waals surface area contributed by atoms with E-state index in [1.54, 1.807) is 0 Å². The minimum Gasteiger partial charge on any atom is -0.394 e. The van der Waals surface area contributed by atoms with Crippen LogP contribution in [0.15, 0.2) is 0 Å². The number of aliphatic hydroxyl groups is 6. The molecule has 0 spiro atoms. The van der Waals surface area contributed by atoms with Gasteiger partial charge in [-0.1, -0.05) is 39.5 Å². The molecule has 0 bridgehead atoms. The molecule has 12 heteroatoms. The number of quaternary nitrogens is 2. The number of rotatable bonds is 22. The zero-order valence-corrected chi connectivity index (χ0v) is 29.0. The molecule has 2 saturated heterocycles. The zero-order chi connectivity index (χ0) is 34.4. The van der Waals surface area contributed by atoms with E-state index in [0.717, 1.165) is 93.3 Å². The summed E-state index contributed by atoms with van der Waals surface area (Å²) in [4.78, 5) is 24.3. The van der Waals surface area contributed by atoms with Crippen LogP contribution in [0.4, 0.5) is 0 Å². The number of ketones is 1. The van der Waals surface area contributed by atoms with Crippen molar-refractivity contribution in [2.75, 3.05) is 85.3 Å². The van der Waals surface area contributed by atoms with Gasteiger partial charge in [-0.15, -0.1) is 0 Å². The fourth-order valence-corrected chi connectivity index (χ4v) is 7.06. The van der Waals surface area contributed by atoms with Crippen LogP contribution in [0.2, 0.25) is 0 Å². The summed E-state index contributed by atoms with van der Waals surface area (Å²) < 4.78 is 1.48. The molecule has 272 valence electrons. The molecule has 2 heterocycles. The Balaban J connectivity index is 0.00000160. The molecule has 2 fully saturated rings. The Bertz CT molecular complexity index is 800. The molecule has 0 aromatic heterocycles. The first-order valence-corrected chi connectivity index (χ1v) is 18.0. The molecule has 1 amide bonds. The normalized spacial score (nSPS) is 26.8. The molecule has 3 atom stereocenters. The number of hydrogen-bond donors (Lipinski definition) is 8. The number of likely N-dealkylation sites (tertiary alicyclic amines) is 2. The molecule has 46 heavy (non-hydrogen) atoms. The highest BCUT2D eigenvalue weighted by molar-refractivity contribution is 5.78. The summed E-state index contributed by atoms with van der Waals surface area (Å²) in [5, 5.41) is 58.6. The summed E-state index contributed by atoms with van der Waals surface area (Å²) in [5.74, 6) is 1.72. The highest BCUT2D eigenvalue weighted by atomic mass is 16.3. The van der Waals surface area contributed by atoms with Gasteiger partial charge < -0.3 is 50.7 Å². The fraction of sp³-hybridized carbons (Fsp3) is 0.941. The number of aliphatic hydroxyl groups excluding tert-OH is 6. The second-order valence-corrected chi connectivity index (χ2v) is 14.0. The molecule has 0 aromatic rings. The maximum absolute atomic E-state index is 12.3. The third-order valence-corrected chi connectivity index (χ3v) is 10.3. The largest absolute Gasteiger partial charge is 0.394 e. The van der Waals surface area contributed by atoms with Gasteiger partial charge in [-0.25, -0.2) is 0 Å². The molecule has 2 aliphatic heterocycles. The maximum Gasteiger partial charge on any atom is 0.225 e. The van der Waals surface area contributed by atoms with Crippen molar-refractivity contribution >= 4 is 11.7 Å². The summed E-state index contributed by atoms with van der Waals surface area (Å²) in [5.41, 5.74) is 4.87. The molecule has 0 aromatic carbocycles. The third kappa shape index (κ3) is 17.3. The van der Waals surface area contributed by atoms with Crippen LogP contribution in [0.25, 0.3) is 0 Å². The monoisotopic (exact) mass is 663 g/mol. The van der Waals surface area contributed by atoms with E-state index in [1.807, 2.05) is 6.92 Å². The highest BCUT2D eigenvalue weighted by Gasteiger charge is 2.37. The zero-order valence-electron chi connectivity index (χ0n) is 29.0. The van der Waals surface area contributed by atoms with Crippen molar-refractivity contribution in [3.63, 3.8) is 0 Å². The minimum atomic E-state index is -0.741. The van der Waals surface area contributed by atoms with Crippen molar-refractivity contribution in [2.45, 2.75) is 109 Å². The van der Waals surface area contributed by atoms with Gasteiger partial charge in [-0.05, 0) is 43.9 Å².